The molecule has 80 valence electrons. The van der Waals surface area contributed by atoms with Crippen molar-refractivity contribution >= 4 is 0 Å². The zero-order valence-corrected chi connectivity index (χ0v) is 9.72. The van der Waals surface area contributed by atoms with Crippen molar-refractivity contribution in [1.82, 2.24) is 4.98 Å². The number of rotatable bonds is 2. The van der Waals surface area contributed by atoms with Crippen LogP contribution in [0.5, 0.6) is 5.88 Å². The Morgan fingerprint density at radius 1 is 1.36 bits per heavy atom. The van der Waals surface area contributed by atoms with E-state index in [2.05, 4.69) is 38.7 Å². The molecule has 0 aliphatic rings. The van der Waals surface area contributed by atoms with Gasteiger partial charge in [0, 0.05) is 12.9 Å². The Hall–Kier alpha value is -1.05. The smallest absolute Gasteiger partial charge is 0.213 e. The number of pyridine rings is 1. The normalized spacial score (nSPS) is 11.5. The van der Waals surface area contributed by atoms with Crippen molar-refractivity contribution in [3.05, 3.63) is 23.4 Å². The van der Waals surface area contributed by atoms with Crippen LogP contribution in [0.3, 0.4) is 0 Å². The zero-order chi connectivity index (χ0) is 10.8. The predicted molar refractivity (Wildman–Crippen MR) is 61.0 cm³/mol. The lowest BCUT2D eigenvalue weighted by molar-refractivity contribution is 0.391. The number of methoxy groups -OCH3 is 1. The fraction of sp³-hybridized carbons (Fsp3) is 0.583. The van der Waals surface area contributed by atoms with Gasteiger partial charge < -0.3 is 4.74 Å². The molecule has 0 fully saturated rings. The molecule has 0 saturated heterocycles. The summed E-state index contributed by atoms with van der Waals surface area (Å²) in [5.74, 6) is 0.717. The van der Waals surface area contributed by atoms with Crippen molar-refractivity contribution in [2.24, 2.45) is 0 Å². The van der Waals surface area contributed by atoms with Crippen molar-refractivity contribution in [2.45, 2.75) is 39.5 Å². The molecule has 0 radical (unpaired) electrons. The topological polar surface area (TPSA) is 22.1 Å². The second-order valence-corrected chi connectivity index (χ2v) is 4.51. The minimum atomic E-state index is 0. The van der Waals surface area contributed by atoms with Gasteiger partial charge in [0.15, 0.2) is 0 Å². The van der Waals surface area contributed by atoms with Crippen LogP contribution >= 0.6 is 0 Å². The summed E-state index contributed by atoms with van der Waals surface area (Å²) in [7, 11) is 1.66. The fourth-order valence-corrected chi connectivity index (χ4v) is 1.25. The molecule has 2 heteroatoms. The maximum Gasteiger partial charge on any atom is 0.213 e. The van der Waals surface area contributed by atoms with E-state index in [-0.39, 0.29) is 6.84 Å². The van der Waals surface area contributed by atoms with Crippen LogP contribution in [-0.2, 0) is 11.8 Å². The van der Waals surface area contributed by atoms with Crippen LogP contribution in [0.15, 0.2) is 12.1 Å². The minimum absolute atomic E-state index is 0. The molecule has 0 saturated carbocycles. The molecule has 0 aliphatic heterocycles. The van der Waals surface area contributed by atoms with E-state index in [1.807, 2.05) is 6.07 Å². The second kappa shape index (κ2) is 3.99. The van der Waals surface area contributed by atoms with Crippen molar-refractivity contribution in [2.75, 3.05) is 7.11 Å². The lowest BCUT2D eigenvalue weighted by Gasteiger charge is -2.19. The molecular formula is C12H21NO. The second-order valence-electron chi connectivity index (χ2n) is 4.51. The third-order valence-corrected chi connectivity index (χ3v) is 2.25. The largest absolute Gasteiger partial charge is 0.481 e. The van der Waals surface area contributed by atoms with Gasteiger partial charge in [0.25, 0.3) is 0 Å². The molecule has 1 rings (SSSR count). The van der Waals surface area contributed by atoms with Gasteiger partial charge >= 0.3 is 0 Å². The van der Waals surface area contributed by atoms with E-state index in [1.165, 1.54) is 5.56 Å². The summed E-state index contributed by atoms with van der Waals surface area (Å²) in [6.45, 7) is 8.62. The Morgan fingerprint density at radius 3 is 2.43 bits per heavy atom. The van der Waals surface area contributed by atoms with Crippen LogP contribution in [0.1, 0.15) is 40.4 Å². The third-order valence-electron chi connectivity index (χ3n) is 2.25. The molecule has 0 bridgehead atoms. The van der Waals surface area contributed by atoms with Gasteiger partial charge in [-0.3, -0.25) is 0 Å². The molecule has 2 nitrogen and oxygen atoms in total. The van der Waals surface area contributed by atoms with Gasteiger partial charge in [-0.25, -0.2) is 4.98 Å². The first kappa shape index (κ1) is 11.0. The molecule has 1 aromatic heterocycles. The predicted octanol–water partition coefficient (Wildman–Crippen LogP) is 3.20. The van der Waals surface area contributed by atoms with Crippen LogP contribution in [0, 0.1) is 0 Å². The van der Waals surface area contributed by atoms with E-state index in [0.29, 0.717) is 5.88 Å². The lowest BCUT2D eigenvalue weighted by Crippen LogP contribution is -2.14. The number of hydrogen-bond donors (Lipinski definition) is 0. The molecule has 0 aliphatic carbocycles. The summed E-state index contributed by atoms with van der Waals surface area (Å²) in [6.07, 6.45) is 1.02. The Labute approximate surface area is 87.8 Å². The molecule has 1 aromatic rings. The quantitative estimate of drug-likeness (QED) is 0.723. The van der Waals surface area contributed by atoms with Crippen molar-refractivity contribution in [3.63, 3.8) is 0 Å². The Bertz CT molecular complexity index is 296. The van der Waals surface area contributed by atoms with E-state index >= 15 is 0 Å². The maximum atomic E-state index is 5.18. The molecule has 0 N–H and O–H groups in total. The van der Waals surface area contributed by atoms with Gasteiger partial charge in [0.1, 0.15) is 0 Å². The van der Waals surface area contributed by atoms with Gasteiger partial charge in [-0.05, 0) is 18.1 Å². The number of hydrogen-bond acceptors (Lipinski definition) is 2. The minimum Gasteiger partial charge on any atom is -0.481 e. The molecule has 0 unspecified atom stereocenters. The third kappa shape index (κ3) is 2.47. The number of nitrogens with zero attached hydrogens (tertiary/aromatic N) is 1. The van der Waals surface area contributed by atoms with E-state index in [0.717, 1.165) is 12.1 Å². The average molecular weight is 195 g/mol. The van der Waals surface area contributed by atoms with Gasteiger partial charge in [-0.2, -0.15) is 0 Å². The monoisotopic (exact) mass is 195 g/mol. The van der Waals surface area contributed by atoms with Crippen molar-refractivity contribution in [3.8, 4) is 5.88 Å². The first-order chi connectivity index (χ1) is 6.47. The molecule has 14 heavy (non-hydrogen) atoms. The van der Waals surface area contributed by atoms with Crippen LogP contribution in [-0.4, -0.2) is 12.1 Å². The van der Waals surface area contributed by atoms with Gasteiger partial charge in [0.2, 0.25) is 5.88 Å². The van der Waals surface area contributed by atoms with Crippen molar-refractivity contribution < 1.29 is 6.16 Å². The fourth-order valence-electron chi connectivity index (χ4n) is 1.25. The number of ether oxygens (including phenoxy) is 1. The maximum absolute atomic E-state index is 5.18. The average Bonchev–Trinajstić information content (AvgIpc) is 2.15. The molecule has 1 heterocycles. The summed E-state index contributed by atoms with van der Waals surface area (Å²) >= 11 is 0. The van der Waals surface area contributed by atoms with Crippen LogP contribution in [0.4, 0.5) is 0 Å². The van der Waals surface area contributed by atoms with E-state index < -0.39 is 0 Å². The summed E-state index contributed by atoms with van der Waals surface area (Å²) in [4.78, 5) is 4.45. The highest BCUT2D eigenvalue weighted by Gasteiger charge is 2.16. The molecule has 0 aromatic carbocycles. The first-order valence-corrected chi connectivity index (χ1v) is 5.02. The highest BCUT2D eigenvalue weighted by Crippen LogP contribution is 2.24. The van der Waals surface area contributed by atoms with E-state index in [4.69, 9.17) is 4.74 Å². The Balaban J connectivity index is 0.00000196. The highest BCUT2D eigenvalue weighted by molar-refractivity contribution is 5.28. The van der Waals surface area contributed by atoms with Gasteiger partial charge in [0.05, 0.1) is 12.8 Å². The van der Waals surface area contributed by atoms with E-state index in [1.54, 1.807) is 7.11 Å². The van der Waals surface area contributed by atoms with E-state index in [9.17, 15) is 0 Å². The SMILES string of the molecule is CCc1cc(OC)nc(C(C)(C)C)c1.[HH]. The standard InChI is InChI=1S/C12H19NO.H2/c1-6-9-7-10(12(2,3)4)13-11(8-9)14-5;/h7-8H,6H2,1-5H3;1H. The van der Waals surface area contributed by atoms with Crippen molar-refractivity contribution in [1.29, 1.82) is 0 Å². The number of aryl methyl sites for hydroxylation is 1. The highest BCUT2D eigenvalue weighted by atomic mass is 16.5. The Morgan fingerprint density at radius 2 is 2.00 bits per heavy atom. The molecule has 0 spiro atoms. The zero-order valence-electron chi connectivity index (χ0n) is 9.72. The first-order valence-electron chi connectivity index (χ1n) is 5.02. The molecule has 0 amide bonds. The summed E-state index contributed by atoms with van der Waals surface area (Å²) in [5.41, 5.74) is 2.45. The van der Waals surface area contributed by atoms with Crippen LogP contribution < -0.4 is 4.74 Å². The molecular weight excluding hydrogens is 174 g/mol. The van der Waals surface area contributed by atoms with Crippen LogP contribution in [0.2, 0.25) is 0 Å². The van der Waals surface area contributed by atoms with Crippen LogP contribution in [0.25, 0.3) is 0 Å². The Kier molecular flexibility index (Phi) is 3.14. The number of aromatic nitrogens is 1. The van der Waals surface area contributed by atoms with Gasteiger partial charge in [-0.1, -0.05) is 27.7 Å². The lowest BCUT2D eigenvalue weighted by atomic mass is 9.90. The summed E-state index contributed by atoms with van der Waals surface area (Å²) in [6, 6.07) is 4.15. The van der Waals surface area contributed by atoms with Gasteiger partial charge in [-0.15, -0.1) is 0 Å². The molecule has 0 atom stereocenters. The summed E-state index contributed by atoms with van der Waals surface area (Å²) < 4.78 is 5.18. The summed E-state index contributed by atoms with van der Waals surface area (Å²) in [5, 5.41) is 0.